The number of carbonyl (C=O) groups is 1. The lowest BCUT2D eigenvalue weighted by Gasteiger charge is -2.40. The maximum absolute atomic E-state index is 11.1. The van der Waals surface area contributed by atoms with Crippen molar-refractivity contribution in [3.05, 3.63) is 24.3 Å². The molecule has 0 bridgehead atoms. The highest BCUT2D eigenvalue weighted by Crippen LogP contribution is 2.22. The van der Waals surface area contributed by atoms with Crippen LogP contribution in [0.5, 0.6) is 5.75 Å². The molecular formula is C16H24N2O3. The van der Waals surface area contributed by atoms with Crippen molar-refractivity contribution in [3.63, 3.8) is 0 Å². The molecule has 1 N–H and O–H groups in total. The van der Waals surface area contributed by atoms with Gasteiger partial charge >= 0.3 is 5.97 Å². The molecule has 5 heteroatoms. The molecule has 1 aromatic carbocycles. The number of aliphatic carboxylic acids is 1. The summed E-state index contributed by atoms with van der Waals surface area (Å²) in [6.45, 7) is 7.41. The molecule has 1 fully saturated rings. The zero-order valence-electron chi connectivity index (χ0n) is 13.0. The first-order chi connectivity index (χ1) is 10.0. The largest absolute Gasteiger partial charge is 0.497 e. The first-order valence-corrected chi connectivity index (χ1v) is 7.38. The van der Waals surface area contributed by atoms with Gasteiger partial charge in [-0.2, -0.15) is 0 Å². The summed E-state index contributed by atoms with van der Waals surface area (Å²) in [4.78, 5) is 15.7. The molecule has 0 spiro atoms. The van der Waals surface area contributed by atoms with E-state index in [-0.39, 0.29) is 12.0 Å². The van der Waals surface area contributed by atoms with E-state index >= 15 is 0 Å². The second kappa shape index (κ2) is 6.80. The van der Waals surface area contributed by atoms with E-state index in [0.717, 1.165) is 31.9 Å². The van der Waals surface area contributed by atoms with E-state index < -0.39 is 5.97 Å². The number of carboxylic acid groups (broad SMARTS) is 1. The van der Waals surface area contributed by atoms with Gasteiger partial charge in [-0.05, 0) is 31.2 Å². The molecule has 2 rings (SSSR count). The van der Waals surface area contributed by atoms with Gasteiger partial charge in [0.2, 0.25) is 0 Å². The minimum atomic E-state index is -0.722. The minimum Gasteiger partial charge on any atom is -0.497 e. The van der Waals surface area contributed by atoms with Crippen molar-refractivity contribution < 1.29 is 14.6 Å². The Morgan fingerprint density at radius 3 is 2.19 bits per heavy atom. The molecular weight excluding hydrogens is 268 g/mol. The zero-order valence-corrected chi connectivity index (χ0v) is 13.0. The van der Waals surface area contributed by atoms with Gasteiger partial charge < -0.3 is 14.7 Å². The lowest BCUT2D eigenvalue weighted by Crippen LogP contribution is -2.52. The fraction of sp³-hybridized carbons (Fsp3) is 0.562. The molecule has 1 aliphatic heterocycles. The summed E-state index contributed by atoms with van der Waals surface area (Å²) in [6, 6.07) is 8.14. The second-order valence-electron chi connectivity index (χ2n) is 5.59. The standard InChI is InChI=1S/C16H24N2O3/c1-12(16(19)20)13(2)17-8-10-18(11-9-17)14-4-6-15(21-3)7-5-14/h4-7,12-13H,8-11H2,1-3H3,(H,19,20). The summed E-state index contributed by atoms with van der Waals surface area (Å²) >= 11 is 0. The molecule has 1 aromatic rings. The Labute approximate surface area is 126 Å². The number of piperazine rings is 1. The quantitative estimate of drug-likeness (QED) is 0.898. The SMILES string of the molecule is COc1ccc(N2CCN(C(C)C(C)C(=O)O)CC2)cc1. The van der Waals surface area contributed by atoms with Gasteiger partial charge in [0.15, 0.2) is 0 Å². The normalized spacial score (nSPS) is 19.1. The number of methoxy groups -OCH3 is 1. The summed E-state index contributed by atoms with van der Waals surface area (Å²) in [6.07, 6.45) is 0. The monoisotopic (exact) mass is 292 g/mol. The number of rotatable bonds is 5. The van der Waals surface area contributed by atoms with Crippen LogP contribution in [0.1, 0.15) is 13.8 Å². The summed E-state index contributed by atoms with van der Waals surface area (Å²) in [7, 11) is 1.67. The number of carboxylic acids is 1. The third kappa shape index (κ3) is 3.67. The summed E-state index contributed by atoms with van der Waals surface area (Å²) in [5.41, 5.74) is 1.19. The number of hydrogen-bond acceptors (Lipinski definition) is 4. The highest BCUT2D eigenvalue weighted by atomic mass is 16.5. The first-order valence-electron chi connectivity index (χ1n) is 7.38. The molecule has 5 nitrogen and oxygen atoms in total. The highest BCUT2D eigenvalue weighted by molar-refractivity contribution is 5.70. The fourth-order valence-corrected chi connectivity index (χ4v) is 2.70. The Morgan fingerprint density at radius 2 is 1.71 bits per heavy atom. The maximum Gasteiger partial charge on any atom is 0.307 e. The summed E-state index contributed by atoms with van der Waals surface area (Å²) < 4.78 is 5.17. The molecule has 0 amide bonds. The molecule has 0 radical (unpaired) electrons. The van der Waals surface area contributed by atoms with Crippen LogP contribution >= 0.6 is 0 Å². The molecule has 21 heavy (non-hydrogen) atoms. The van der Waals surface area contributed by atoms with Gasteiger partial charge in [0.25, 0.3) is 0 Å². The lowest BCUT2D eigenvalue weighted by molar-refractivity contribution is -0.143. The summed E-state index contributed by atoms with van der Waals surface area (Å²) in [5.74, 6) is -0.195. The van der Waals surface area contributed by atoms with Gasteiger partial charge in [-0.25, -0.2) is 0 Å². The number of hydrogen-bond donors (Lipinski definition) is 1. The molecule has 2 unspecified atom stereocenters. The molecule has 0 saturated carbocycles. The predicted octanol–water partition coefficient (Wildman–Crippen LogP) is 1.93. The summed E-state index contributed by atoms with van der Waals surface area (Å²) in [5, 5.41) is 9.11. The van der Waals surface area contributed by atoms with Crippen molar-refractivity contribution in [3.8, 4) is 5.75 Å². The van der Waals surface area contributed by atoms with E-state index in [1.54, 1.807) is 14.0 Å². The van der Waals surface area contributed by atoms with Crippen molar-refractivity contribution in [1.82, 2.24) is 4.90 Å². The third-order valence-corrected chi connectivity index (χ3v) is 4.44. The molecule has 0 aliphatic carbocycles. The number of anilines is 1. The Morgan fingerprint density at radius 1 is 1.14 bits per heavy atom. The van der Waals surface area contributed by atoms with Crippen LogP contribution in [0.15, 0.2) is 24.3 Å². The molecule has 116 valence electrons. The molecule has 1 aliphatic rings. The third-order valence-electron chi connectivity index (χ3n) is 4.44. The molecule has 1 saturated heterocycles. The van der Waals surface area contributed by atoms with Crippen molar-refractivity contribution in [2.75, 3.05) is 38.2 Å². The average molecular weight is 292 g/mol. The van der Waals surface area contributed by atoms with Crippen molar-refractivity contribution in [2.45, 2.75) is 19.9 Å². The maximum atomic E-state index is 11.1. The topological polar surface area (TPSA) is 53.0 Å². The number of benzene rings is 1. The van der Waals surface area contributed by atoms with Crippen LogP contribution in [0.3, 0.4) is 0 Å². The molecule has 2 atom stereocenters. The molecule has 0 aromatic heterocycles. The Kier molecular flexibility index (Phi) is 5.07. The zero-order chi connectivity index (χ0) is 15.4. The predicted molar refractivity (Wildman–Crippen MR) is 83.0 cm³/mol. The van der Waals surface area contributed by atoms with Crippen molar-refractivity contribution in [2.24, 2.45) is 5.92 Å². The van der Waals surface area contributed by atoms with Gasteiger partial charge in [0.05, 0.1) is 13.0 Å². The van der Waals surface area contributed by atoms with E-state index in [9.17, 15) is 4.79 Å². The van der Waals surface area contributed by atoms with Crippen molar-refractivity contribution in [1.29, 1.82) is 0 Å². The Hall–Kier alpha value is -1.75. The average Bonchev–Trinajstić information content (AvgIpc) is 2.53. The smallest absolute Gasteiger partial charge is 0.307 e. The van der Waals surface area contributed by atoms with Crippen LogP contribution in [-0.4, -0.2) is 55.3 Å². The minimum absolute atomic E-state index is 0.0699. The number of nitrogens with zero attached hydrogens (tertiary/aromatic N) is 2. The van der Waals surface area contributed by atoms with Gasteiger partial charge in [-0.3, -0.25) is 9.69 Å². The van der Waals surface area contributed by atoms with Crippen LogP contribution in [-0.2, 0) is 4.79 Å². The lowest BCUT2D eigenvalue weighted by atomic mass is 10.0. The number of ether oxygens (including phenoxy) is 1. The van der Waals surface area contributed by atoms with Crippen LogP contribution in [0, 0.1) is 5.92 Å². The Bertz CT molecular complexity index is 467. The fourth-order valence-electron chi connectivity index (χ4n) is 2.70. The van der Waals surface area contributed by atoms with E-state index in [1.807, 2.05) is 19.1 Å². The molecule has 1 heterocycles. The van der Waals surface area contributed by atoms with Gasteiger partial charge in [-0.1, -0.05) is 6.92 Å². The van der Waals surface area contributed by atoms with E-state index in [1.165, 1.54) is 5.69 Å². The van der Waals surface area contributed by atoms with Crippen LogP contribution < -0.4 is 9.64 Å². The first kappa shape index (κ1) is 15.6. The van der Waals surface area contributed by atoms with Crippen LogP contribution in [0.4, 0.5) is 5.69 Å². The Balaban J connectivity index is 1.91. The van der Waals surface area contributed by atoms with Gasteiger partial charge in [0, 0.05) is 37.9 Å². The van der Waals surface area contributed by atoms with Crippen LogP contribution in [0.25, 0.3) is 0 Å². The van der Waals surface area contributed by atoms with E-state index in [4.69, 9.17) is 9.84 Å². The van der Waals surface area contributed by atoms with Gasteiger partial charge in [0.1, 0.15) is 5.75 Å². The van der Waals surface area contributed by atoms with E-state index in [2.05, 4.69) is 21.9 Å². The highest BCUT2D eigenvalue weighted by Gasteiger charge is 2.28. The van der Waals surface area contributed by atoms with E-state index in [0.29, 0.717) is 0 Å². The van der Waals surface area contributed by atoms with Crippen LogP contribution in [0.2, 0.25) is 0 Å². The second-order valence-corrected chi connectivity index (χ2v) is 5.59. The van der Waals surface area contributed by atoms with Crippen molar-refractivity contribution >= 4 is 11.7 Å². The van der Waals surface area contributed by atoms with Gasteiger partial charge in [-0.15, -0.1) is 0 Å².